The van der Waals surface area contributed by atoms with E-state index in [0.717, 1.165) is 18.5 Å². The Hall–Kier alpha value is -0.830. The lowest BCUT2D eigenvalue weighted by Crippen LogP contribution is -2.32. The predicted molar refractivity (Wildman–Crippen MR) is 61.5 cm³/mol. The summed E-state index contributed by atoms with van der Waals surface area (Å²) >= 11 is 0. The number of hydrogen-bond donors (Lipinski definition) is 1. The summed E-state index contributed by atoms with van der Waals surface area (Å²) in [5.74, 6) is 0.887. The molecule has 84 valence electrons. The first-order chi connectivity index (χ1) is 7.31. The average Bonchev–Trinajstić information content (AvgIpc) is 2.83. The Bertz CT molecular complexity index is 306. The molecule has 0 aliphatic heterocycles. The normalized spacial score (nSPS) is 26.0. The van der Waals surface area contributed by atoms with Crippen molar-refractivity contribution in [2.75, 3.05) is 0 Å². The number of nitrogens with one attached hydrogen (secondary N) is 1. The molecule has 0 bridgehead atoms. The molecule has 0 saturated heterocycles. The van der Waals surface area contributed by atoms with Crippen molar-refractivity contribution in [3.8, 4) is 0 Å². The van der Waals surface area contributed by atoms with Crippen molar-refractivity contribution in [3.63, 3.8) is 0 Å². The van der Waals surface area contributed by atoms with Crippen LogP contribution in [-0.2, 0) is 13.6 Å². The van der Waals surface area contributed by atoms with Gasteiger partial charge in [0, 0.05) is 25.8 Å². The summed E-state index contributed by atoms with van der Waals surface area (Å²) in [6, 6.07) is 2.81. The molecule has 1 aliphatic carbocycles. The van der Waals surface area contributed by atoms with Gasteiger partial charge in [0.05, 0.1) is 5.69 Å². The molecule has 0 radical (unpaired) electrons. The highest BCUT2D eigenvalue weighted by atomic mass is 15.3. The van der Waals surface area contributed by atoms with Crippen LogP contribution < -0.4 is 5.32 Å². The Morgan fingerprint density at radius 1 is 1.53 bits per heavy atom. The van der Waals surface area contributed by atoms with E-state index in [1.165, 1.54) is 31.4 Å². The molecule has 0 spiro atoms. The number of rotatable bonds is 4. The molecule has 1 N–H and O–H groups in total. The van der Waals surface area contributed by atoms with Crippen LogP contribution in [0.3, 0.4) is 0 Å². The Morgan fingerprint density at radius 3 is 3.07 bits per heavy atom. The topological polar surface area (TPSA) is 29.9 Å². The second-order valence-electron chi connectivity index (χ2n) is 4.53. The van der Waals surface area contributed by atoms with Crippen molar-refractivity contribution in [3.05, 3.63) is 18.0 Å². The largest absolute Gasteiger partial charge is 0.308 e. The summed E-state index contributed by atoms with van der Waals surface area (Å²) in [6.07, 6.45) is 7.31. The second kappa shape index (κ2) is 4.79. The molecule has 2 unspecified atom stereocenters. The summed E-state index contributed by atoms with van der Waals surface area (Å²) < 4.78 is 1.95. The van der Waals surface area contributed by atoms with E-state index in [2.05, 4.69) is 23.4 Å². The van der Waals surface area contributed by atoms with Crippen LogP contribution in [0.2, 0.25) is 0 Å². The lowest BCUT2D eigenvalue weighted by Gasteiger charge is -2.19. The standard InChI is InChI=1S/C12H21N3/c1-3-10-5-4-6-12(10)13-9-11-7-8-14-15(11)2/h7-8,10,12-13H,3-6,9H2,1-2H3. The van der Waals surface area contributed by atoms with E-state index in [1.54, 1.807) is 0 Å². The number of aryl methyl sites for hydroxylation is 1. The van der Waals surface area contributed by atoms with Crippen LogP contribution in [0.1, 0.15) is 38.3 Å². The lowest BCUT2D eigenvalue weighted by atomic mass is 10.0. The number of aromatic nitrogens is 2. The Labute approximate surface area is 91.9 Å². The molecule has 3 heteroatoms. The van der Waals surface area contributed by atoms with E-state index < -0.39 is 0 Å². The highest BCUT2D eigenvalue weighted by Crippen LogP contribution is 2.28. The van der Waals surface area contributed by atoms with Gasteiger partial charge in [-0.2, -0.15) is 5.10 Å². The van der Waals surface area contributed by atoms with Gasteiger partial charge in [0.2, 0.25) is 0 Å². The molecule has 2 atom stereocenters. The SMILES string of the molecule is CCC1CCCC1NCc1ccnn1C. The number of nitrogens with zero attached hydrogens (tertiary/aromatic N) is 2. The Kier molecular flexibility index (Phi) is 3.41. The fourth-order valence-electron chi connectivity index (χ4n) is 2.60. The third-order valence-corrected chi connectivity index (χ3v) is 3.65. The molecule has 2 rings (SSSR count). The smallest absolute Gasteiger partial charge is 0.0518 e. The molecule has 15 heavy (non-hydrogen) atoms. The van der Waals surface area contributed by atoms with E-state index in [1.807, 2.05) is 17.9 Å². The number of hydrogen-bond acceptors (Lipinski definition) is 2. The summed E-state index contributed by atoms with van der Waals surface area (Å²) in [4.78, 5) is 0. The molecule has 0 amide bonds. The predicted octanol–water partition coefficient (Wildman–Crippen LogP) is 2.09. The van der Waals surface area contributed by atoms with Crippen LogP contribution in [-0.4, -0.2) is 15.8 Å². The van der Waals surface area contributed by atoms with Gasteiger partial charge in [-0.05, 0) is 24.8 Å². The van der Waals surface area contributed by atoms with Crippen LogP contribution in [0.4, 0.5) is 0 Å². The maximum atomic E-state index is 4.18. The molecule has 1 aromatic heterocycles. The minimum atomic E-state index is 0.727. The van der Waals surface area contributed by atoms with Crippen molar-refractivity contribution < 1.29 is 0 Å². The van der Waals surface area contributed by atoms with Crippen molar-refractivity contribution >= 4 is 0 Å². The van der Waals surface area contributed by atoms with Gasteiger partial charge in [-0.25, -0.2) is 0 Å². The highest BCUT2D eigenvalue weighted by molar-refractivity contribution is 5.00. The van der Waals surface area contributed by atoms with Crippen molar-refractivity contribution in [1.29, 1.82) is 0 Å². The van der Waals surface area contributed by atoms with Crippen LogP contribution in [0.5, 0.6) is 0 Å². The van der Waals surface area contributed by atoms with Crippen LogP contribution in [0.25, 0.3) is 0 Å². The third kappa shape index (κ3) is 2.40. The molecular weight excluding hydrogens is 186 g/mol. The summed E-state index contributed by atoms with van der Waals surface area (Å²) in [5, 5.41) is 7.84. The molecule has 3 nitrogen and oxygen atoms in total. The average molecular weight is 207 g/mol. The molecule has 1 aromatic rings. The van der Waals surface area contributed by atoms with Gasteiger partial charge in [-0.3, -0.25) is 4.68 Å². The molecule has 1 fully saturated rings. The summed E-state index contributed by atoms with van der Waals surface area (Å²) in [7, 11) is 2.00. The van der Waals surface area contributed by atoms with E-state index in [9.17, 15) is 0 Å². The zero-order valence-electron chi connectivity index (χ0n) is 9.74. The Morgan fingerprint density at radius 2 is 2.40 bits per heavy atom. The van der Waals surface area contributed by atoms with Gasteiger partial charge < -0.3 is 5.32 Å². The fraction of sp³-hybridized carbons (Fsp3) is 0.750. The molecule has 1 aliphatic rings. The van der Waals surface area contributed by atoms with Crippen LogP contribution in [0.15, 0.2) is 12.3 Å². The highest BCUT2D eigenvalue weighted by Gasteiger charge is 2.24. The lowest BCUT2D eigenvalue weighted by molar-refractivity contribution is 0.385. The van der Waals surface area contributed by atoms with Gasteiger partial charge >= 0.3 is 0 Å². The van der Waals surface area contributed by atoms with Crippen molar-refractivity contribution in [2.24, 2.45) is 13.0 Å². The maximum absolute atomic E-state index is 4.18. The first-order valence-electron chi connectivity index (χ1n) is 6.01. The quantitative estimate of drug-likeness (QED) is 0.819. The van der Waals surface area contributed by atoms with Gasteiger partial charge in [0.1, 0.15) is 0 Å². The van der Waals surface area contributed by atoms with Gasteiger partial charge in [-0.15, -0.1) is 0 Å². The first-order valence-corrected chi connectivity index (χ1v) is 6.01. The monoisotopic (exact) mass is 207 g/mol. The summed E-state index contributed by atoms with van der Waals surface area (Å²) in [5.41, 5.74) is 1.27. The summed E-state index contributed by atoms with van der Waals surface area (Å²) in [6.45, 7) is 3.26. The second-order valence-corrected chi connectivity index (χ2v) is 4.53. The van der Waals surface area contributed by atoms with Crippen LogP contribution in [0, 0.1) is 5.92 Å². The van der Waals surface area contributed by atoms with E-state index in [0.29, 0.717) is 0 Å². The van der Waals surface area contributed by atoms with Crippen LogP contribution >= 0.6 is 0 Å². The minimum absolute atomic E-state index is 0.727. The minimum Gasteiger partial charge on any atom is -0.308 e. The zero-order valence-corrected chi connectivity index (χ0v) is 9.74. The van der Waals surface area contributed by atoms with Crippen molar-refractivity contribution in [1.82, 2.24) is 15.1 Å². The van der Waals surface area contributed by atoms with E-state index >= 15 is 0 Å². The van der Waals surface area contributed by atoms with Gasteiger partial charge in [0.15, 0.2) is 0 Å². The van der Waals surface area contributed by atoms with Crippen molar-refractivity contribution in [2.45, 2.75) is 45.2 Å². The first kappa shape index (κ1) is 10.7. The van der Waals surface area contributed by atoms with Gasteiger partial charge in [0.25, 0.3) is 0 Å². The van der Waals surface area contributed by atoms with Gasteiger partial charge in [-0.1, -0.05) is 19.8 Å². The zero-order chi connectivity index (χ0) is 10.7. The maximum Gasteiger partial charge on any atom is 0.0518 e. The third-order valence-electron chi connectivity index (χ3n) is 3.65. The Balaban J connectivity index is 1.85. The molecule has 0 aromatic carbocycles. The fourth-order valence-corrected chi connectivity index (χ4v) is 2.60. The molecular formula is C12H21N3. The van der Waals surface area contributed by atoms with E-state index in [4.69, 9.17) is 0 Å². The van der Waals surface area contributed by atoms with E-state index in [-0.39, 0.29) is 0 Å². The molecule has 1 heterocycles. The molecule has 1 saturated carbocycles.